The molecule has 0 bridgehead atoms. The van der Waals surface area contributed by atoms with E-state index in [1.54, 1.807) is 0 Å². The van der Waals surface area contributed by atoms with Crippen LogP contribution < -0.4 is 4.72 Å². The van der Waals surface area contributed by atoms with E-state index in [1.807, 2.05) is 6.92 Å². The van der Waals surface area contributed by atoms with Crippen LogP contribution in [0.3, 0.4) is 0 Å². The van der Waals surface area contributed by atoms with Crippen molar-refractivity contribution in [2.24, 2.45) is 0 Å². The monoisotopic (exact) mass is 342 g/mol. The first-order chi connectivity index (χ1) is 7.97. The molecule has 0 saturated carbocycles. The van der Waals surface area contributed by atoms with Crippen molar-refractivity contribution < 1.29 is 13.2 Å². The molecule has 0 atom stereocenters. The Hall–Kier alpha value is -0.210. The molecule has 1 N–H and O–H groups in total. The zero-order valence-electron chi connectivity index (χ0n) is 9.11. The van der Waals surface area contributed by atoms with Gasteiger partial charge in [0.15, 0.2) is 0 Å². The van der Waals surface area contributed by atoms with E-state index in [0.29, 0.717) is 17.7 Å². The van der Waals surface area contributed by atoms with Crippen molar-refractivity contribution in [3.63, 3.8) is 0 Å². The van der Waals surface area contributed by atoms with Crippen molar-refractivity contribution in [2.75, 3.05) is 19.8 Å². The highest BCUT2D eigenvalue weighted by Crippen LogP contribution is 2.22. The molecule has 96 valence electrons. The molecule has 0 saturated heterocycles. The normalized spacial score (nSPS) is 11.7. The summed E-state index contributed by atoms with van der Waals surface area (Å²) in [5, 5.41) is -0.0582. The van der Waals surface area contributed by atoms with Gasteiger partial charge in [0.05, 0.1) is 6.61 Å². The van der Waals surface area contributed by atoms with E-state index in [0.717, 1.165) is 0 Å². The van der Waals surface area contributed by atoms with Gasteiger partial charge in [-0.1, -0.05) is 11.6 Å². The molecule has 1 rings (SSSR count). The minimum Gasteiger partial charge on any atom is -0.380 e. The summed E-state index contributed by atoms with van der Waals surface area (Å²) in [7, 11) is -3.65. The summed E-state index contributed by atoms with van der Waals surface area (Å²) < 4.78 is 31.7. The predicted octanol–water partition coefficient (Wildman–Crippen LogP) is 1.81. The highest BCUT2D eigenvalue weighted by atomic mass is 79.9. The highest BCUT2D eigenvalue weighted by Gasteiger charge is 2.18. The number of hydrogen-bond donors (Lipinski definition) is 1. The van der Waals surface area contributed by atoms with E-state index in [2.05, 4.69) is 25.6 Å². The third-order valence-electron chi connectivity index (χ3n) is 1.81. The Morgan fingerprint density at radius 1 is 1.59 bits per heavy atom. The maximum Gasteiger partial charge on any atom is 0.243 e. The van der Waals surface area contributed by atoms with Gasteiger partial charge in [-0.15, -0.1) is 0 Å². The van der Waals surface area contributed by atoms with Gasteiger partial charge in [0.2, 0.25) is 10.0 Å². The third kappa shape index (κ3) is 4.51. The van der Waals surface area contributed by atoms with Crippen LogP contribution in [0.15, 0.2) is 21.6 Å². The Balaban J connectivity index is 2.79. The second-order valence-electron chi connectivity index (χ2n) is 3.04. The molecule has 8 heteroatoms. The number of ether oxygens (including phenoxy) is 1. The van der Waals surface area contributed by atoms with Crippen LogP contribution in [0.25, 0.3) is 0 Å². The van der Waals surface area contributed by atoms with Gasteiger partial charge in [-0.2, -0.15) is 0 Å². The Morgan fingerprint density at radius 2 is 2.29 bits per heavy atom. The zero-order chi connectivity index (χ0) is 12.9. The van der Waals surface area contributed by atoms with Crippen LogP contribution in [0.2, 0.25) is 5.15 Å². The van der Waals surface area contributed by atoms with Crippen molar-refractivity contribution in [3.05, 3.63) is 21.9 Å². The van der Waals surface area contributed by atoms with Crippen LogP contribution in [-0.4, -0.2) is 33.2 Å². The largest absolute Gasteiger partial charge is 0.380 e. The highest BCUT2D eigenvalue weighted by molar-refractivity contribution is 9.10. The summed E-state index contributed by atoms with van der Waals surface area (Å²) in [5.41, 5.74) is 0. The lowest BCUT2D eigenvalue weighted by atomic mass is 10.5. The van der Waals surface area contributed by atoms with Crippen LogP contribution in [-0.2, 0) is 14.8 Å². The first-order valence-electron chi connectivity index (χ1n) is 4.86. The number of nitrogens with zero attached hydrogens (tertiary/aromatic N) is 1. The molecular formula is C9H12BrClN2O3S. The molecule has 1 heterocycles. The molecule has 0 spiro atoms. The molecule has 0 aliphatic rings. The molecule has 0 amide bonds. The number of halogens is 2. The van der Waals surface area contributed by atoms with Crippen LogP contribution in [0.1, 0.15) is 6.92 Å². The molecule has 0 aliphatic carbocycles. The molecule has 0 fully saturated rings. The topological polar surface area (TPSA) is 68.3 Å². The number of rotatable bonds is 6. The molecule has 17 heavy (non-hydrogen) atoms. The molecule has 5 nitrogen and oxygen atoms in total. The Kier molecular flexibility index (Phi) is 5.81. The van der Waals surface area contributed by atoms with E-state index in [9.17, 15) is 8.42 Å². The lowest BCUT2D eigenvalue weighted by Crippen LogP contribution is -2.27. The fraction of sp³-hybridized carbons (Fsp3) is 0.444. The standard InChI is InChI=1S/C9H12BrClN2O3S/c1-2-16-4-3-13-17(14,15)8-5-7(10)6-12-9(8)11/h5-6,13H,2-4H2,1H3. The summed E-state index contributed by atoms with van der Waals surface area (Å²) in [4.78, 5) is 3.71. The number of nitrogens with one attached hydrogen (secondary N) is 1. The van der Waals surface area contributed by atoms with Crippen molar-refractivity contribution >= 4 is 37.6 Å². The average molecular weight is 344 g/mol. The Labute approximate surface area is 114 Å². The van der Waals surface area contributed by atoms with Crippen LogP contribution in [0.4, 0.5) is 0 Å². The summed E-state index contributed by atoms with van der Waals surface area (Å²) >= 11 is 8.88. The third-order valence-corrected chi connectivity index (χ3v) is 4.13. The summed E-state index contributed by atoms with van der Waals surface area (Å²) in [5.74, 6) is 0. The second-order valence-corrected chi connectivity index (χ2v) is 6.05. The molecule has 0 radical (unpaired) electrons. The quantitative estimate of drug-likeness (QED) is 0.632. The fourth-order valence-electron chi connectivity index (χ4n) is 1.06. The van der Waals surface area contributed by atoms with Crippen LogP contribution in [0, 0.1) is 0 Å². The lowest BCUT2D eigenvalue weighted by Gasteiger charge is -2.08. The van der Waals surface area contributed by atoms with Crippen LogP contribution >= 0.6 is 27.5 Å². The second kappa shape index (κ2) is 6.65. The number of pyridine rings is 1. The molecule has 0 unspecified atom stereocenters. The Morgan fingerprint density at radius 3 is 2.94 bits per heavy atom. The summed E-state index contributed by atoms with van der Waals surface area (Å²) in [6, 6.07) is 1.40. The lowest BCUT2D eigenvalue weighted by molar-refractivity contribution is 0.153. The van der Waals surface area contributed by atoms with Crippen molar-refractivity contribution in [1.29, 1.82) is 0 Å². The summed E-state index contributed by atoms with van der Waals surface area (Å²) in [6.07, 6.45) is 1.43. The average Bonchev–Trinajstić information content (AvgIpc) is 2.28. The number of sulfonamides is 1. The van der Waals surface area contributed by atoms with Gasteiger partial charge >= 0.3 is 0 Å². The molecule has 0 aliphatic heterocycles. The zero-order valence-corrected chi connectivity index (χ0v) is 12.3. The fourth-order valence-corrected chi connectivity index (χ4v) is 3.02. The molecular weight excluding hydrogens is 332 g/mol. The van der Waals surface area contributed by atoms with E-state index in [1.165, 1.54) is 12.3 Å². The minimum absolute atomic E-state index is 0.0509. The SMILES string of the molecule is CCOCCNS(=O)(=O)c1cc(Br)cnc1Cl. The van der Waals surface area contributed by atoms with Gasteiger partial charge in [0.1, 0.15) is 10.0 Å². The molecule has 1 aromatic rings. The van der Waals surface area contributed by atoms with Crippen molar-refractivity contribution in [1.82, 2.24) is 9.71 Å². The first kappa shape index (κ1) is 14.8. The Bertz CT molecular complexity index is 481. The maximum absolute atomic E-state index is 11.9. The van der Waals surface area contributed by atoms with Gasteiger partial charge in [-0.25, -0.2) is 18.1 Å². The van der Waals surface area contributed by atoms with E-state index >= 15 is 0 Å². The minimum atomic E-state index is -3.65. The predicted molar refractivity (Wildman–Crippen MR) is 68.6 cm³/mol. The van der Waals surface area contributed by atoms with Gasteiger partial charge in [0.25, 0.3) is 0 Å². The number of aromatic nitrogens is 1. The van der Waals surface area contributed by atoms with E-state index < -0.39 is 10.0 Å². The van der Waals surface area contributed by atoms with Gasteiger partial charge < -0.3 is 4.74 Å². The van der Waals surface area contributed by atoms with Gasteiger partial charge in [0, 0.05) is 23.8 Å². The van der Waals surface area contributed by atoms with Crippen molar-refractivity contribution in [2.45, 2.75) is 11.8 Å². The summed E-state index contributed by atoms with van der Waals surface area (Å²) in [6.45, 7) is 2.89. The molecule has 1 aromatic heterocycles. The number of hydrogen-bond acceptors (Lipinski definition) is 4. The van der Waals surface area contributed by atoms with Crippen molar-refractivity contribution in [3.8, 4) is 0 Å². The maximum atomic E-state index is 11.9. The van der Waals surface area contributed by atoms with E-state index in [-0.39, 0.29) is 16.6 Å². The smallest absolute Gasteiger partial charge is 0.243 e. The van der Waals surface area contributed by atoms with Crippen LogP contribution in [0.5, 0.6) is 0 Å². The van der Waals surface area contributed by atoms with Gasteiger partial charge in [-0.05, 0) is 28.9 Å². The van der Waals surface area contributed by atoms with Gasteiger partial charge in [-0.3, -0.25) is 0 Å². The molecule has 0 aromatic carbocycles. The first-order valence-corrected chi connectivity index (χ1v) is 7.51. The van der Waals surface area contributed by atoms with E-state index in [4.69, 9.17) is 16.3 Å².